The molecule has 0 spiro atoms. The lowest BCUT2D eigenvalue weighted by atomic mass is 10.2. The van der Waals surface area contributed by atoms with Crippen LogP contribution in [0.25, 0.3) is 0 Å². The summed E-state index contributed by atoms with van der Waals surface area (Å²) >= 11 is 5.91. The molecule has 10 heteroatoms. The number of hydrogen-bond acceptors (Lipinski definition) is 5. The molecule has 0 aromatic heterocycles. The molecule has 2 atom stereocenters. The standard InChI is InChI=1S/C13H13ClN4O5/c14-11-3-1-2-4-12(11)16-13(19)15-8-5-9(17(20)21)7-10(6-8)18(22)23/h1-7,17-18,20,22H,(H2,15,16,19). The third kappa shape index (κ3) is 4.61. The van der Waals surface area contributed by atoms with Crippen LogP contribution in [0, 0.1) is 10.4 Å². The molecule has 2 unspecified atom stereocenters. The normalized spacial score (nSPS) is 13.3. The third-order valence-electron chi connectivity index (χ3n) is 2.81. The molecule has 0 saturated carbocycles. The van der Waals surface area contributed by atoms with E-state index in [2.05, 4.69) is 10.6 Å². The molecule has 23 heavy (non-hydrogen) atoms. The molecule has 122 valence electrons. The van der Waals surface area contributed by atoms with Crippen molar-refractivity contribution < 1.29 is 25.7 Å². The summed E-state index contributed by atoms with van der Waals surface area (Å²) in [6, 6.07) is 9.17. The Bertz CT molecular complexity index is 684. The first-order chi connectivity index (χ1) is 10.9. The highest BCUT2D eigenvalue weighted by molar-refractivity contribution is 6.33. The van der Waals surface area contributed by atoms with E-state index in [1.807, 2.05) is 0 Å². The van der Waals surface area contributed by atoms with Gasteiger partial charge in [0.25, 0.3) is 0 Å². The number of halogens is 1. The molecule has 2 aromatic rings. The molecule has 2 rings (SSSR count). The summed E-state index contributed by atoms with van der Waals surface area (Å²) in [6.07, 6.45) is 0. The third-order valence-corrected chi connectivity index (χ3v) is 3.14. The van der Waals surface area contributed by atoms with Crippen LogP contribution in [0.4, 0.5) is 27.5 Å². The zero-order valence-corrected chi connectivity index (χ0v) is 12.3. The molecule has 0 saturated heterocycles. The number of quaternary nitrogens is 2. The predicted molar refractivity (Wildman–Crippen MR) is 82.1 cm³/mol. The highest BCUT2D eigenvalue weighted by Gasteiger charge is 2.13. The van der Waals surface area contributed by atoms with Gasteiger partial charge in [-0.05, 0) is 12.1 Å². The van der Waals surface area contributed by atoms with E-state index in [1.54, 1.807) is 24.3 Å². The first-order valence-electron chi connectivity index (χ1n) is 6.31. The minimum absolute atomic E-state index is 0.0341. The molecule has 9 nitrogen and oxygen atoms in total. The van der Waals surface area contributed by atoms with E-state index >= 15 is 0 Å². The fourth-order valence-electron chi connectivity index (χ4n) is 1.79. The van der Waals surface area contributed by atoms with E-state index in [0.29, 0.717) is 10.7 Å². The lowest BCUT2D eigenvalue weighted by molar-refractivity contribution is -0.996. The van der Waals surface area contributed by atoms with Gasteiger partial charge in [0.15, 0.2) is 11.4 Å². The number of hydrogen-bond donors (Lipinski definition) is 6. The van der Waals surface area contributed by atoms with Crippen molar-refractivity contribution in [1.29, 1.82) is 0 Å². The van der Waals surface area contributed by atoms with Gasteiger partial charge in [-0.2, -0.15) is 10.5 Å². The van der Waals surface area contributed by atoms with E-state index in [0.717, 1.165) is 18.2 Å². The fraction of sp³-hybridized carbons (Fsp3) is 0. The van der Waals surface area contributed by atoms with Crippen LogP contribution >= 0.6 is 11.6 Å². The minimum Gasteiger partial charge on any atom is -0.595 e. The molecule has 0 fully saturated rings. The minimum atomic E-state index is -1.30. The number of rotatable bonds is 4. The number of urea groups is 1. The van der Waals surface area contributed by atoms with Crippen LogP contribution in [0.5, 0.6) is 0 Å². The van der Waals surface area contributed by atoms with Crippen molar-refractivity contribution in [3.8, 4) is 0 Å². The summed E-state index contributed by atoms with van der Waals surface area (Å²) in [4.78, 5) is 11.9. The van der Waals surface area contributed by atoms with Crippen molar-refractivity contribution >= 4 is 40.4 Å². The highest BCUT2D eigenvalue weighted by atomic mass is 35.5. The van der Waals surface area contributed by atoms with Crippen molar-refractivity contribution in [2.24, 2.45) is 0 Å². The van der Waals surface area contributed by atoms with E-state index in [9.17, 15) is 15.2 Å². The summed E-state index contributed by atoms with van der Waals surface area (Å²) < 4.78 is 0. The van der Waals surface area contributed by atoms with E-state index < -0.39 is 16.5 Å². The van der Waals surface area contributed by atoms with Crippen LogP contribution in [0.2, 0.25) is 5.02 Å². The van der Waals surface area contributed by atoms with Gasteiger partial charge >= 0.3 is 6.03 Å². The van der Waals surface area contributed by atoms with Crippen LogP contribution in [0.1, 0.15) is 0 Å². The van der Waals surface area contributed by atoms with Gasteiger partial charge in [0.2, 0.25) is 0 Å². The van der Waals surface area contributed by atoms with Gasteiger partial charge < -0.3 is 21.0 Å². The Morgan fingerprint density at radius 3 is 2.09 bits per heavy atom. The maximum atomic E-state index is 11.9. The summed E-state index contributed by atoms with van der Waals surface area (Å²) in [6.45, 7) is 0. The summed E-state index contributed by atoms with van der Waals surface area (Å²) in [5.74, 6) is 0. The van der Waals surface area contributed by atoms with Crippen molar-refractivity contribution in [3.63, 3.8) is 0 Å². The molecule has 0 aliphatic carbocycles. The predicted octanol–water partition coefficient (Wildman–Crippen LogP) is 0.791. The number of amides is 2. The maximum absolute atomic E-state index is 11.9. The molecule has 0 radical (unpaired) electrons. The van der Waals surface area contributed by atoms with Crippen LogP contribution in [-0.4, -0.2) is 16.4 Å². The number of carbonyl (C=O) groups is 1. The van der Waals surface area contributed by atoms with Gasteiger partial charge in [0.1, 0.15) is 0 Å². The molecule has 2 amide bonds. The number of carbonyl (C=O) groups excluding carboxylic acids is 1. The molecule has 2 aromatic carbocycles. The zero-order valence-electron chi connectivity index (χ0n) is 11.5. The van der Waals surface area contributed by atoms with Crippen molar-refractivity contribution in [2.75, 3.05) is 10.6 Å². The number of anilines is 2. The fourth-order valence-corrected chi connectivity index (χ4v) is 1.98. The van der Waals surface area contributed by atoms with Gasteiger partial charge in [-0.3, -0.25) is 0 Å². The van der Waals surface area contributed by atoms with Crippen molar-refractivity contribution in [2.45, 2.75) is 0 Å². The molecular weight excluding hydrogens is 328 g/mol. The summed E-state index contributed by atoms with van der Waals surface area (Å²) in [5, 5.41) is 42.6. The number of para-hydroxylation sites is 1. The van der Waals surface area contributed by atoms with E-state index in [4.69, 9.17) is 22.0 Å². The van der Waals surface area contributed by atoms with Gasteiger partial charge in [0, 0.05) is 12.1 Å². The number of benzene rings is 2. The number of nitrogens with one attached hydrogen (secondary N) is 4. The first kappa shape index (κ1) is 17.1. The topological polar surface area (TPSA) is 137 Å². The molecule has 0 aliphatic heterocycles. The molecule has 0 bridgehead atoms. The van der Waals surface area contributed by atoms with Crippen LogP contribution in [-0.2, 0) is 0 Å². The van der Waals surface area contributed by atoms with Gasteiger partial charge in [-0.1, -0.05) is 23.7 Å². The Labute approximate surface area is 135 Å². The summed E-state index contributed by atoms with van der Waals surface area (Å²) in [5.41, 5.74) is -0.109. The average Bonchev–Trinajstić information content (AvgIpc) is 2.49. The quantitative estimate of drug-likeness (QED) is 0.457. The molecule has 0 aliphatic rings. The lowest BCUT2D eigenvalue weighted by Gasteiger charge is -2.17. The first-order valence-corrected chi connectivity index (χ1v) is 6.69. The second-order valence-corrected chi connectivity index (χ2v) is 4.88. The second kappa shape index (κ2) is 7.35. The van der Waals surface area contributed by atoms with E-state index in [-0.39, 0.29) is 17.1 Å². The maximum Gasteiger partial charge on any atom is 0.323 e. The largest absolute Gasteiger partial charge is 0.595 e. The van der Waals surface area contributed by atoms with Crippen LogP contribution in [0.15, 0.2) is 42.5 Å². The smallest absolute Gasteiger partial charge is 0.323 e. The van der Waals surface area contributed by atoms with Gasteiger partial charge in [-0.25, -0.2) is 15.2 Å². The van der Waals surface area contributed by atoms with Crippen molar-refractivity contribution in [3.05, 3.63) is 57.9 Å². The Balaban J connectivity index is 2.18. The lowest BCUT2D eigenvalue weighted by Crippen LogP contribution is -3.00. The second-order valence-electron chi connectivity index (χ2n) is 4.47. The molecular formula is C13H13ClN4O5. The Kier molecular flexibility index (Phi) is 5.47. The highest BCUT2D eigenvalue weighted by Crippen LogP contribution is 2.22. The Hall–Kier alpha value is -2.24. The van der Waals surface area contributed by atoms with Gasteiger partial charge in [-0.15, -0.1) is 0 Å². The summed E-state index contributed by atoms with van der Waals surface area (Å²) in [7, 11) is 0. The van der Waals surface area contributed by atoms with Gasteiger partial charge in [0.05, 0.1) is 22.5 Å². The molecule has 0 heterocycles. The Morgan fingerprint density at radius 2 is 1.57 bits per heavy atom. The van der Waals surface area contributed by atoms with Crippen LogP contribution < -0.4 is 21.1 Å². The average molecular weight is 341 g/mol. The van der Waals surface area contributed by atoms with E-state index in [1.165, 1.54) is 0 Å². The Morgan fingerprint density at radius 1 is 1.00 bits per heavy atom. The monoisotopic (exact) mass is 340 g/mol. The SMILES string of the molecule is O=C(Nc1cc([NH+]([O-])O)cc([NH+]([O-])O)c1)Nc1ccccc1Cl. The zero-order chi connectivity index (χ0) is 17.0. The molecule has 6 N–H and O–H groups in total. The van der Waals surface area contributed by atoms with Crippen molar-refractivity contribution in [1.82, 2.24) is 0 Å². The van der Waals surface area contributed by atoms with Crippen LogP contribution in [0.3, 0.4) is 0 Å².